The molecule has 0 aliphatic heterocycles. The lowest BCUT2D eigenvalue weighted by Gasteiger charge is -2.20. The molecule has 3 nitrogen and oxygen atoms in total. The van der Waals surface area contributed by atoms with Crippen molar-refractivity contribution in [3.63, 3.8) is 0 Å². The fraction of sp³-hybridized carbons (Fsp3) is 0.250. The zero-order chi connectivity index (χ0) is 15.4. The maximum atomic E-state index is 13.4. The first-order valence-electron chi connectivity index (χ1n) is 6.44. The van der Waals surface area contributed by atoms with E-state index in [1.807, 2.05) is 6.07 Å². The highest BCUT2D eigenvalue weighted by Gasteiger charge is 2.18. The molecule has 0 saturated heterocycles. The van der Waals surface area contributed by atoms with Gasteiger partial charge < -0.3 is 14.8 Å². The standard InChI is InChI=1S/C16H17F2NO2/c1-19-16(10-4-7-13(17)14(18)8-10)12-6-5-11(20-2)9-15(12)21-3/h4-9,16,19H,1-3H3. The van der Waals surface area contributed by atoms with Crippen LogP contribution in [0.2, 0.25) is 0 Å². The summed E-state index contributed by atoms with van der Waals surface area (Å²) < 4.78 is 37.0. The maximum absolute atomic E-state index is 13.4. The summed E-state index contributed by atoms with van der Waals surface area (Å²) in [6.07, 6.45) is 0. The van der Waals surface area contributed by atoms with E-state index in [1.165, 1.54) is 6.07 Å². The molecule has 1 unspecified atom stereocenters. The van der Waals surface area contributed by atoms with Crippen molar-refractivity contribution in [2.24, 2.45) is 0 Å². The Bertz CT molecular complexity index is 632. The molecule has 2 rings (SSSR count). The number of ether oxygens (including phenoxy) is 2. The molecule has 0 bridgehead atoms. The molecule has 0 aliphatic carbocycles. The summed E-state index contributed by atoms with van der Waals surface area (Å²) in [6.45, 7) is 0. The van der Waals surface area contributed by atoms with E-state index in [2.05, 4.69) is 5.32 Å². The van der Waals surface area contributed by atoms with Crippen molar-refractivity contribution in [1.29, 1.82) is 0 Å². The molecular formula is C16H17F2NO2. The molecule has 1 N–H and O–H groups in total. The highest BCUT2D eigenvalue weighted by atomic mass is 19.2. The van der Waals surface area contributed by atoms with E-state index < -0.39 is 11.6 Å². The molecule has 21 heavy (non-hydrogen) atoms. The molecule has 0 amide bonds. The van der Waals surface area contributed by atoms with E-state index in [-0.39, 0.29) is 6.04 Å². The van der Waals surface area contributed by atoms with Crippen molar-refractivity contribution in [3.8, 4) is 11.5 Å². The van der Waals surface area contributed by atoms with Gasteiger partial charge in [0.1, 0.15) is 11.5 Å². The molecule has 0 spiro atoms. The molecule has 0 aromatic heterocycles. The van der Waals surface area contributed by atoms with Gasteiger partial charge in [0.2, 0.25) is 0 Å². The number of nitrogens with one attached hydrogen (secondary N) is 1. The van der Waals surface area contributed by atoms with Gasteiger partial charge in [0.05, 0.1) is 20.3 Å². The summed E-state index contributed by atoms with van der Waals surface area (Å²) in [5.41, 5.74) is 1.42. The quantitative estimate of drug-likeness (QED) is 0.917. The minimum Gasteiger partial charge on any atom is -0.497 e. The highest BCUT2D eigenvalue weighted by molar-refractivity contribution is 5.46. The van der Waals surface area contributed by atoms with Crippen LogP contribution in [-0.2, 0) is 0 Å². The predicted octanol–water partition coefficient (Wildman–Crippen LogP) is 3.29. The predicted molar refractivity (Wildman–Crippen MR) is 76.8 cm³/mol. The lowest BCUT2D eigenvalue weighted by Crippen LogP contribution is -2.18. The van der Waals surface area contributed by atoms with Crippen LogP contribution in [0.25, 0.3) is 0 Å². The highest BCUT2D eigenvalue weighted by Crippen LogP contribution is 2.33. The van der Waals surface area contributed by atoms with E-state index in [1.54, 1.807) is 39.5 Å². The number of hydrogen-bond donors (Lipinski definition) is 1. The van der Waals surface area contributed by atoms with E-state index in [4.69, 9.17) is 9.47 Å². The van der Waals surface area contributed by atoms with E-state index in [0.29, 0.717) is 17.1 Å². The summed E-state index contributed by atoms with van der Waals surface area (Å²) in [4.78, 5) is 0. The summed E-state index contributed by atoms with van der Waals surface area (Å²) in [7, 11) is 4.87. The van der Waals surface area contributed by atoms with E-state index in [9.17, 15) is 8.78 Å². The fourth-order valence-corrected chi connectivity index (χ4v) is 2.25. The summed E-state index contributed by atoms with van der Waals surface area (Å²) in [5.74, 6) is -0.468. The molecule has 0 aliphatic rings. The second-order valence-electron chi connectivity index (χ2n) is 4.50. The Balaban J connectivity index is 2.47. The van der Waals surface area contributed by atoms with Crippen molar-refractivity contribution in [2.45, 2.75) is 6.04 Å². The topological polar surface area (TPSA) is 30.5 Å². The van der Waals surface area contributed by atoms with Gasteiger partial charge in [-0.05, 0) is 36.9 Å². The Labute approximate surface area is 122 Å². The van der Waals surface area contributed by atoms with E-state index >= 15 is 0 Å². The SMILES string of the molecule is CNC(c1ccc(F)c(F)c1)c1ccc(OC)cc1OC. The molecule has 2 aromatic rings. The number of rotatable bonds is 5. The largest absolute Gasteiger partial charge is 0.497 e. The zero-order valence-electron chi connectivity index (χ0n) is 12.1. The molecule has 1 atom stereocenters. The van der Waals surface area contributed by atoms with Crippen LogP contribution in [0.5, 0.6) is 11.5 Å². The van der Waals surface area contributed by atoms with Gasteiger partial charge in [-0.1, -0.05) is 6.07 Å². The lowest BCUT2D eigenvalue weighted by molar-refractivity contribution is 0.388. The zero-order valence-corrected chi connectivity index (χ0v) is 12.1. The van der Waals surface area contributed by atoms with Gasteiger partial charge in [-0.25, -0.2) is 8.78 Å². The van der Waals surface area contributed by atoms with Gasteiger partial charge in [0.25, 0.3) is 0 Å². The normalized spacial score (nSPS) is 12.0. The van der Waals surface area contributed by atoms with Gasteiger partial charge >= 0.3 is 0 Å². The molecule has 112 valence electrons. The van der Waals surface area contributed by atoms with Gasteiger partial charge in [-0.15, -0.1) is 0 Å². The third-order valence-corrected chi connectivity index (χ3v) is 3.32. The van der Waals surface area contributed by atoms with Gasteiger partial charge in [0, 0.05) is 11.6 Å². The first-order chi connectivity index (χ1) is 10.1. The number of halogens is 2. The Morgan fingerprint density at radius 1 is 0.952 bits per heavy atom. The maximum Gasteiger partial charge on any atom is 0.159 e. The fourth-order valence-electron chi connectivity index (χ4n) is 2.25. The number of benzene rings is 2. The van der Waals surface area contributed by atoms with Crippen molar-refractivity contribution >= 4 is 0 Å². The Morgan fingerprint density at radius 3 is 2.29 bits per heavy atom. The minimum absolute atomic E-state index is 0.319. The Morgan fingerprint density at radius 2 is 1.71 bits per heavy atom. The minimum atomic E-state index is -0.875. The van der Waals surface area contributed by atoms with Crippen molar-refractivity contribution in [1.82, 2.24) is 5.32 Å². The van der Waals surface area contributed by atoms with Crippen LogP contribution in [0, 0.1) is 11.6 Å². The average molecular weight is 293 g/mol. The van der Waals surface area contributed by atoms with Crippen LogP contribution in [0.1, 0.15) is 17.2 Å². The summed E-state index contributed by atoms with van der Waals surface area (Å²) in [5, 5.41) is 3.08. The van der Waals surface area contributed by atoms with Crippen LogP contribution >= 0.6 is 0 Å². The van der Waals surface area contributed by atoms with Crippen LogP contribution in [0.3, 0.4) is 0 Å². The Kier molecular flexibility index (Phi) is 4.75. The third kappa shape index (κ3) is 3.13. The molecule has 0 heterocycles. The smallest absolute Gasteiger partial charge is 0.159 e. The van der Waals surface area contributed by atoms with Crippen molar-refractivity contribution < 1.29 is 18.3 Å². The van der Waals surface area contributed by atoms with Gasteiger partial charge in [-0.3, -0.25) is 0 Å². The number of methoxy groups -OCH3 is 2. The third-order valence-electron chi connectivity index (χ3n) is 3.32. The van der Waals surface area contributed by atoms with Crippen LogP contribution in [-0.4, -0.2) is 21.3 Å². The second kappa shape index (κ2) is 6.54. The van der Waals surface area contributed by atoms with Crippen molar-refractivity contribution in [2.75, 3.05) is 21.3 Å². The Hall–Kier alpha value is -2.14. The lowest BCUT2D eigenvalue weighted by atomic mass is 9.97. The first kappa shape index (κ1) is 15.3. The number of hydrogen-bond acceptors (Lipinski definition) is 3. The molecule has 2 aromatic carbocycles. The molecule has 0 saturated carbocycles. The monoisotopic (exact) mass is 293 g/mol. The van der Waals surface area contributed by atoms with Crippen LogP contribution in [0.15, 0.2) is 36.4 Å². The summed E-state index contributed by atoms with van der Waals surface area (Å²) in [6, 6.07) is 8.90. The van der Waals surface area contributed by atoms with Crippen LogP contribution < -0.4 is 14.8 Å². The first-order valence-corrected chi connectivity index (χ1v) is 6.44. The summed E-state index contributed by atoms with van der Waals surface area (Å²) >= 11 is 0. The van der Waals surface area contributed by atoms with Gasteiger partial charge in [-0.2, -0.15) is 0 Å². The molecule has 0 fully saturated rings. The molecule has 0 radical (unpaired) electrons. The van der Waals surface area contributed by atoms with Crippen molar-refractivity contribution in [3.05, 3.63) is 59.2 Å². The van der Waals surface area contributed by atoms with Gasteiger partial charge in [0.15, 0.2) is 11.6 Å². The van der Waals surface area contributed by atoms with Crippen LogP contribution in [0.4, 0.5) is 8.78 Å². The molecule has 5 heteroatoms. The van der Waals surface area contributed by atoms with E-state index in [0.717, 1.165) is 11.6 Å². The molecular weight excluding hydrogens is 276 g/mol. The second-order valence-corrected chi connectivity index (χ2v) is 4.50. The average Bonchev–Trinajstić information content (AvgIpc) is 2.51.